The zero-order chi connectivity index (χ0) is 39.8. The third-order valence-electron chi connectivity index (χ3n) is 10.4. The molecule has 8 bridgehead atoms. The fraction of sp³-hybridized carbons (Fsp3) is 0.0816. The van der Waals surface area contributed by atoms with Crippen molar-refractivity contribution in [3.8, 4) is 67.5 Å². The molecule has 59 heavy (non-hydrogen) atoms. The molecule has 0 saturated heterocycles. The van der Waals surface area contributed by atoms with E-state index in [2.05, 4.69) is 0 Å². The van der Waals surface area contributed by atoms with Crippen LogP contribution in [-0.2, 0) is 21.3 Å². The zero-order valence-electron chi connectivity index (χ0n) is 32.5. The summed E-state index contributed by atoms with van der Waals surface area (Å²) in [5.74, 6) is 2.89. The van der Waals surface area contributed by atoms with E-state index in [0.29, 0.717) is 50.6 Å². The Bertz CT molecular complexity index is 2930. The van der Waals surface area contributed by atoms with Crippen molar-refractivity contribution in [2.45, 2.75) is 0 Å². The van der Waals surface area contributed by atoms with Gasteiger partial charge in [-0.3, -0.25) is 4.79 Å². The quantitative estimate of drug-likeness (QED) is 0.104. The molecule has 0 N–H and O–H groups in total. The summed E-state index contributed by atoms with van der Waals surface area (Å²) >= 11 is 0. The number of rotatable bonds is 9. The molecule has 0 spiro atoms. The second-order valence-corrected chi connectivity index (χ2v) is 13.6. The minimum absolute atomic E-state index is 0. The minimum atomic E-state index is 0. The number of hydrogen-bond acceptors (Lipinski definition) is 7. The molecular weight excluding hydrogens is 783 g/mol. The maximum Gasteiger partial charge on any atom is 2.00 e. The average molecular weight is 820 g/mol. The van der Waals surface area contributed by atoms with Crippen LogP contribution >= 0.6 is 0 Å². The summed E-state index contributed by atoms with van der Waals surface area (Å²) in [6.07, 6.45) is 6.73. The van der Waals surface area contributed by atoms with E-state index in [0.717, 1.165) is 73.6 Å². The van der Waals surface area contributed by atoms with Gasteiger partial charge in [0.15, 0.2) is 6.29 Å². The van der Waals surface area contributed by atoms with Gasteiger partial charge in [-0.1, -0.05) is 72.8 Å². The van der Waals surface area contributed by atoms with E-state index in [1.807, 2.05) is 140 Å². The van der Waals surface area contributed by atoms with E-state index < -0.39 is 0 Å². The molecule has 2 aliphatic rings. The fourth-order valence-corrected chi connectivity index (χ4v) is 7.49. The summed E-state index contributed by atoms with van der Waals surface area (Å²) in [6, 6.07) is 39.2. The van der Waals surface area contributed by atoms with Crippen LogP contribution in [0.25, 0.3) is 90.4 Å². The number of benzene rings is 4. The van der Waals surface area contributed by atoms with Gasteiger partial charge in [-0.05, 0) is 111 Å². The summed E-state index contributed by atoms with van der Waals surface area (Å²) in [6.45, 7) is 0. The van der Waals surface area contributed by atoms with Crippen molar-refractivity contribution in [2.24, 2.45) is 0 Å². The molecule has 3 aromatic heterocycles. The first-order chi connectivity index (χ1) is 28.5. The van der Waals surface area contributed by atoms with E-state index in [4.69, 9.17) is 38.9 Å². The Balaban J connectivity index is 0.00000484. The first kappa shape index (κ1) is 38.7. The molecule has 0 fully saturated rings. The second-order valence-electron chi connectivity index (χ2n) is 13.6. The molecule has 292 valence electrons. The molecule has 9 nitrogen and oxygen atoms in total. The molecule has 5 heterocycles. The summed E-state index contributed by atoms with van der Waals surface area (Å²) in [4.78, 5) is 34.3. The molecule has 0 radical (unpaired) electrons. The number of methoxy groups -OCH3 is 4. The van der Waals surface area contributed by atoms with Crippen LogP contribution in [0, 0.1) is 0 Å². The fourth-order valence-electron chi connectivity index (χ4n) is 7.49. The van der Waals surface area contributed by atoms with Gasteiger partial charge >= 0.3 is 16.5 Å². The molecule has 0 saturated carbocycles. The number of ether oxygens (including phenoxy) is 4. The van der Waals surface area contributed by atoms with E-state index in [1.165, 1.54) is 0 Å². The van der Waals surface area contributed by atoms with Crippen LogP contribution in [0.1, 0.15) is 22.8 Å². The van der Waals surface area contributed by atoms with Gasteiger partial charge in [0, 0.05) is 5.57 Å². The monoisotopic (exact) mass is 818 g/mol. The molecule has 0 aliphatic carbocycles. The Kier molecular flexibility index (Phi) is 10.7. The predicted molar refractivity (Wildman–Crippen MR) is 230 cm³/mol. The van der Waals surface area contributed by atoms with Gasteiger partial charge in [-0.2, -0.15) is 0 Å². The van der Waals surface area contributed by atoms with Gasteiger partial charge in [0.05, 0.1) is 51.2 Å². The number of aromatic nitrogens is 4. The third kappa shape index (κ3) is 7.19. The van der Waals surface area contributed by atoms with Crippen LogP contribution in [0.4, 0.5) is 0 Å². The first-order valence-corrected chi connectivity index (χ1v) is 18.6. The van der Waals surface area contributed by atoms with Crippen LogP contribution in [-0.4, -0.2) is 44.7 Å². The van der Waals surface area contributed by atoms with Crippen LogP contribution in [0.3, 0.4) is 0 Å². The Morgan fingerprint density at radius 3 is 1.08 bits per heavy atom. The summed E-state index contributed by atoms with van der Waals surface area (Å²) in [7, 11) is 6.57. The van der Waals surface area contributed by atoms with Crippen molar-refractivity contribution in [3.63, 3.8) is 0 Å². The van der Waals surface area contributed by atoms with Crippen molar-refractivity contribution in [1.82, 2.24) is 19.9 Å². The van der Waals surface area contributed by atoms with Gasteiger partial charge < -0.3 is 28.9 Å². The van der Waals surface area contributed by atoms with E-state index in [1.54, 1.807) is 28.4 Å². The number of nitrogens with zero attached hydrogens (tertiary/aromatic N) is 4. The largest absolute Gasteiger partial charge is 2.00 e. The van der Waals surface area contributed by atoms with Crippen molar-refractivity contribution in [2.75, 3.05) is 28.4 Å². The molecular formula is C49H36N4NiO5. The maximum absolute atomic E-state index is 13.1. The molecule has 4 aromatic carbocycles. The summed E-state index contributed by atoms with van der Waals surface area (Å²) in [5.41, 5.74) is 12.3. The van der Waals surface area contributed by atoms with Gasteiger partial charge in [-0.15, -0.1) is 22.1 Å². The second kappa shape index (κ2) is 16.4. The summed E-state index contributed by atoms with van der Waals surface area (Å²) < 4.78 is 22.0. The van der Waals surface area contributed by atoms with Crippen LogP contribution in [0.5, 0.6) is 23.0 Å². The van der Waals surface area contributed by atoms with Gasteiger partial charge in [-0.25, -0.2) is 9.97 Å². The Morgan fingerprint density at radius 2 is 0.746 bits per heavy atom. The van der Waals surface area contributed by atoms with Crippen LogP contribution in [0.15, 0.2) is 121 Å². The Labute approximate surface area is 351 Å². The Hall–Kier alpha value is -7.16. The van der Waals surface area contributed by atoms with Crippen molar-refractivity contribution < 1.29 is 40.2 Å². The maximum atomic E-state index is 13.1. The summed E-state index contributed by atoms with van der Waals surface area (Å²) in [5, 5.41) is 0. The minimum Gasteiger partial charge on any atom is -0.657 e. The zero-order valence-corrected chi connectivity index (χ0v) is 33.5. The van der Waals surface area contributed by atoms with Crippen molar-refractivity contribution in [1.29, 1.82) is 0 Å². The van der Waals surface area contributed by atoms with E-state index >= 15 is 0 Å². The van der Waals surface area contributed by atoms with Crippen molar-refractivity contribution >= 4 is 52.2 Å². The molecule has 9 rings (SSSR count). The van der Waals surface area contributed by atoms with Crippen molar-refractivity contribution in [3.05, 3.63) is 144 Å². The molecule has 0 atom stereocenters. The number of carbonyl (C=O) groups is 1. The first-order valence-electron chi connectivity index (χ1n) is 18.6. The number of fused-ring (bicyclic) bond motifs is 8. The molecule has 7 aromatic rings. The topological polar surface area (TPSA) is 108 Å². The smallest absolute Gasteiger partial charge is 0.657 e. The van der Waals surface area contributed by atoms with Gasteiger partial charge in [0.25, 0.3) is 0 Å². The normalized spacial score (nSPS) is 11.7. The number of hydrogen-bond donors (Lipinski definition) is 0. The Morgan fingerprint density at radius 1 is 0.424 bits per heavy atom. The predicted octanol–water partition coefficient (Wildman–Crippen LogP) is 10.2. The SMILES string of the molecule is COc1ccc(-c2c3nc(c(-c4ccc(OC)cc4)c4ccc([n-]4)c(-c4ccc(OC)cc4)c4nc(c(-c5ccc(OC)cc5)c5ccc2[n-]5)C=C4C=O)C=C3)cc1.[Ni+2]. The van der Waals surface area contributed by atoms with Gasteiger partial charge in [0.2, 0.25) is 0 Å². The number of carbonyl (C=O) groups excluding carboxylic acids is 1. The number of aldehydes is 1. The van der Waals surface area contributed by atoms with Crippen LogP contribution < -0.4 is 28.9 Å². The number of allylic oxidation sites excluding steroid dienone is 1. The molecule has 0 amide bonds. The molecule has 10 heteroatoms. The van der Waals surface area contributed by atoms with E-state index in [-0.39, 0.29) is 16.5 Å². The molecule has 2 aliphatic heterocycles. The molecule has 0 unspecified atom stereocenters. The standard InChI is InChI=1S/C49H37N4O5.Ni/c1-55-34-13-5-29(6-14-34)45-38-21-22-39(50-38)46(30-7-15-35(56-2)16-8-30)41-25-26-43(52-41)48(32-11-19-37(58-4)20-12-32)49-33(28-54)27-44(53-49)47(42-24-23-40(45)51-42)31-9-17-36(57-3)18-10-31;/h5-28H,1-4H3,(H-,50,51,52,53,54);/q-1;+2/p-1. The van der Waals surface area contributed by atoms with E-state index in [9.17, 15) is 4.79 Å². The van der Waals surface area contributed by atoms with Crippen LogP contribution in [0.2, 0.25) is 0 Å². The average Bonchev–Trinajstić information content (AvgIpc) is 4.12. The third-order valence-corrected chi connectivity index (χ3v) is 10.4. The van der Waals surface area contributed by atoms with Gasteiger partial charge in [0.1, 0.15) is 23.0 Å².